The van der Waals surface area contributed by atoms with E-state index in [1.807, 2.05) is 19.1 Å². The van der Waals surface area contributed by atoms with Gasteiger partial charge in [0.1, 0.15) is 24.5 Å². The lowest BCUT2D eigenvalue weighted by Crippen LogP contribution is -2.20. The Hall–Kier alpha value is -3.50. The Kier molecular flexibility index (Phi) is 6.39. The molecule has 0 aliphatic carbocycles. The van der Waals surface area contributed by atoms with Crippen LogP contribution in [-0.2, 0) is 13.1 Å². The third-order valence-corrected chi connectivity index (χ3v) is 4.69. The number of aromatic nitrogens is 7. The van der Waals surface area contributed by atoms with E-state index in [1.165, 1.54) is 6.33 Å². The first-order valence-electron chi connectivity index (χ1n) is 9.62. The van der Waals surface area contributed by atoms with Gasteiger partial charge in [-0.2, -0.15) is 10.2 Å². The van der Waals surface area contributed by atoms with Crippen LogP contribution in [0, 0.1) is 0 Å². The molecule has 0 aliphatic rings. The van der Waals surface area contributed by atoms with E-state index in [9.17, 15) is 0 Å². The van der Waals surface area contributed by atoms with E-state index >= 15 is 0 Å². The molecule has 0 saturated heterocycles. The van der Waals surface area contributed by atoms with Crippen molar-refractivity contribution in [3.8, 4) is 16.9 Å². The third-order valence-electron chi connectivity index (χ3n) is 4.37. The molecule has 0 bridgehead atoms. The molecule has 1 atom stereocenters. The van der Waals surface area contributed by atoms with Crippen LogP contribution in [0.4, 0.5) is 11.6 Å². The molecule has 1 aromatic carbocycles. The molecule has 0 spiro atoms. The fraction of sp³-hybridized carbons (Fsp3) is 0.250. The molecule has 0 amide bonds. The Morgan fingerprint density at radius 3 is 2.71 bits per heavy atom. The Morgan fingerprint density at radius 2 is 1.97 bits per heavy atom. The van der Waals surface area contributed by atoms with Crippen molar-refractivity contribution >= 4 is 23.2 Å². The number of nitrogens with one attached hydrogen (secondary N) is 1. The number of ether oxygens (including phenoxy) is 1. The number of anilines is 2. The second kappa shape index (κ2) is 9.54. The highest BCUT2D eigenvalue weighted by molar-refractivity contribution is 6.32. The van der Waals surface area contributed by atoms with Gasteiger partial charge in [0.05, 0.1) is 36.6 Å². The lowest BCUT2D eigenvalue weighted by Gasteiger charge is -2.16. The second-order valence-corrected chi connectivity index (χ2v) is 7.23. The minimum atomic E-state index is -0.149. The number of aliphatic hydroxyl groups is 1. The molecule has 11 heteroatoms. The van der Waals surface area contributed by atoms with Gasteiger partial charge in [0, 0.05) is 24.2 Å². The van der Waals surface area contributed by atoms with Crippen LogP contribution < -0.4 is 10.1 Å². The average molecular weight is 441 g/mol. The summed E-state index contributed by atoms with van der Waals surface area (Å²) in [5.41, 5.74) is 2.45. The molecule has 3 heterocycles. The van der Waals surface area contributed by atoms with Crippen molar-refractivity contribution in [2.75, 3.05) is 11.9 Å². The van der Waals surface area contributed by atoms with E-state index in [0.717, 1.165) is 16.8 Å². The van der Waals surface area contributed by atoms with Crippen molar-refractivity contribution in [2.45, 2.75) is 26.1 Å². The molecule has 10 nitrogen and oxygen atoms in total. The molecule has 31 heavy (non-hydrogen) atoms. The highest BCUT2D eigenvalue weighted by atomic mass is 35.5. The fourth-order valence-electron chi connectivity index (χ4n) is 2.94. The summed E-state index contributed by atoms with van der Waals surface area (Å²) in [5, 5.41) is 20.8. The average Bonchev–Trinajstić information content (AvgIpc) is 3.43. The fourth-order valence-corrected chi connectivity index (χ4v) is 3.10. The van der Waals surface area contributed by atoms with E-state index in [1.54, 1.807) is 46.5 Å². The molecular formula is C20H21ClN8O2. The lowest BCUT2D eigenvalue weighted by molar-refractivity contribution is 0.194. The number of rotatable bonds is 9. The Morgan fingerprint density at radius 1 is 1.13 bits per heavy atom. The predicted octanol–water partition coefficient (Wildman–Crippen LogP) is 2.79. The molecule has 0 aliphatic heterocycles. The Bertz CT molecular complexity index is 1110. The first-order valence-corrected chi connectivity index (χ1v) is 10.00. The second-order valence-electron chi connectivity index (χ2n) is 6.83. The smallest absolute Gasteiger partial charge is 0.227 e. The maximum absolute atomic E-state index is 8.97. The van der Waals surface area contributed by atoms with Crippen LogP contribution in [0.15, 0.2) is 55.6 Å². The summed E-state index contributed by atoms with van der Waals surface area (Å²) in [6, 6.07) is 5.54. The number of hydrogen-bond acceptors (Lipinski definition) is 8. The van der Waals surface area contributed by atoms with Crippen LogP contribution in [0.5, 0.6) is 5.75 Å². The van der Waals surface area contributed by atoms with E-state index in [4.69, 9.17) is 21.4 Å². The van der Waals surface area contributed by atoms with Gasteiger partial charge < -0.3 is 15.2 Å². The van der Waals surface area contributed by atoms with Gasteiger partial charge in [-0.15, -0.1) is 0 Å². The maximum Gasteiger partial charge on any atom is 0.227 e. The van der Waals surface area contributed by atoms with Gasteiger partial charge in [-0.05, 0) is 24.6 Å². The predicted molar refractivity (Wildman–Crippen MR) is 115 cm³/mol. The lowest BCUT2D eigenvalue weighted by atomic mass is 10.1. The summed E-state index contributed by atoms with van der Waals surface area (Å²) in [6.07, 6.45) is 9.85. The number of hydrogen-bond donors (Lipinski definition) is 2. The summed E-state index contributed by atoms with van der Waals surface area (Å²) < 4.78 is 9.34. The van der Waals surface area contributed by atoms with Gasteiger partial charge in [-0.1, -0.05) is 17.7 Å². The van der Waals surface area contributed by atoms with E-state index in [2.05, 4.69) is 30.5 Å². The summed E-state index contributed by atoms with van der Waals surface area (Å²) in [4.78, 5) is 12.7. The molecular weight excluding hydrogens is 420 g/mol. The Labute approximate surface area is 183 Å². The number of benzene rings is 1. The zero-order valence-electron chi connectivity index (χ0n) is 16.8. The number of halogens is 1. The van der Waals surface area contributed by atoms with Crippen molar-refractivity contribution in [1.29, 1.82) is 0 Å². The topological polar surface area (TPSA) is 116 Å². The number of nitrogens with zero attached hydrogens (tertiary/aromatic N) is 7. The van der Waals surface area contributed by atoms with Gasteiger partial charge in [-0.25, -0.2) is 19.6 Å². The third kappa shape index (κ3) is 5.36. The van der Waals surface area contributed by atoms with Gasteiger partial charge in [0.25, 0.3) is 0 Å². The van der Waals surface area contributed by atoms with Crippen LogP contribution in [0.25, 0.3) is 11.1 Å². The highest BCUT2D eigenvalue weighted by Gasteiger charge is 2.11. The largest absolute Gasteiger partial charge is 0.487 e. The van der Waals surface area contributed by atoms with Crippen molar-refractivity contribution in [1.82, 2.24) is 34.5 Å². The SMILES string of the molecule is C[C@@H](Cn1cncn1)Oc1cc(-c2cnc(Nc3cnn(CCO)c3)nc2)ccc1Cl. The molecule has 0 fully saturated rings. The monoisotopic (exact) mass is 440 g/mol. The van der Waals surface area contributed by atoms with E-state index in [-0.39, 0.29) is 12.7 Å². The van der Waals surface area contributed by atoms with Gasteiger partial charge in [0.15, 0.2) is 0 Å². The van der Waals surface area contributed by atoms with Crippen molar-refractivity contribution in [3.63, 3.8) is 0 Å². The molecule has 4 aromatic rings. The molecule has 2 N–H and O–H groups in total. The van der Waals surface area contributed by atoms with E-state index < -0.39 is 0 Å². The number of aliphatic hydroxyl groups excluding tert-OH is 1. The van der Waals surface area contributed by atoms with Gasteiger partial charge in [-0.3, -0.25) is 4.68 Å². The van der Waals surface area contributed by atoms with Crippen molar-refractivity contribution in [2.24, 2.45) is 0 Å². The van der Waals surface area contributed by atoms with Crippen LogP contribution in [0.2, 0.25) is 5.02 Å². The molecule has 0 unspecified atom stereocenters. The summed E-state index contributed by atoms with van der Waals surface area (Å²) in [6.45, 7) is 2.95. The normalized spacial score (nSPS) is 12.0. The standard InChI is InChI=1S/C20H21ClN8O2/c1-14(10-29-13-22-12-26-29)31-19-6-15(2-3-18(19)21)16-7-23-20(24-8-16)27-17-9-25-28(11-17)4-5-30/h2-3,6-9,11-14,30H,4-5,10H2,1H3,(H,23,24,27)/t14-/m0/s1. The zero-order chi connectivity index (χ0) is 21.6. The maximum atomic E-state index is 8.97. The zero-order valence-corrected chi connectivity index (χ0v) is 17.5. The summed E-state index contributed by atoms with van der Waals surface area (Å²) in [5.74, 6) is 1.02. The first kappa shape index (κ1) is 20.8. The van der Waals surface area contributed by atoms with Crippen LogP contribution >= 0.6 is 11.6 Å². The molecule has 0 radical (unpaired) electrons. The summed E-state index contributed by atoms with van der Waals surface area (Å²) >= 11 is 6.32. The minimum Gasteiger partial charge on any atom is -0.487 e. The minimum absolute atomic E-state index is 0.0261. The van der Waals surface area contributed by atoms with Gasteiger partial charge in [0.2, 0.25) is 5.95 Å². The Balaban J connectivity index is 1.44. The van der Waals surface area contributed by atoms with Crippen molar-refractivity contribution < 1.29 is 9.84 Å². The van der Waals surface area contributed by atoms with E-state index in [0.29, 0.717) is 29.8 Å². The van der Waals surface area contributed by atoms with Crippen LogP contribution in [0.1, 0.15) is 6.92 Å². The van der Waals surface area contributed by atoms with Gasteiger partial charge >= 0.3 is 0 Å². The first-order chi connectivity index (χ1) is 15.1. The highest BCUT2D eigenvalue weighted by Crippen LogP contribution is 2.31. The van der Waals surface area contributed by atoms with Crippen molar-refractivity contribution in [3.05, 3.63) is 60.7 Å². The quantitative estimate of drug-likeness (QED) is 0.408. The van der Waals surface area contributed by atoms with Crippen LogP contribution in [-0.4, -0.2) is 52.3 Å². The van der Waals surface area contributed by atoms with Crippen LogP contribution in [0.3, 0.4) is 0 Å². The molecule has 0 saturated carbocycles. The molecule has 3 aromatic heterocycles. The summed E-state index contributed by atoms with van der Waals surface area (Å²) in [7, 11) is 0. The molecule has 4 rings (SSSR count). The molecule has 160 valence electrons.